The van der Waals surface area contributed by atoms with Crippen molar-refractivity contribution < 1.29 is 0 Å². The average molecular weight is 967 g/mol. The van der Waals surface area contributed by atoms with Gasteiger partial charge in [-0.2, -0.15) is 0 Å². The molecule has 0 aliphatic carbocycles. The summed E-state index contributed by atoms with van der Waals surface area (Å²) in [5.74, 6) is 0.489. The van der Waals surface area contributed by atoms with Gasteiger partial charge >= 0.3 is 0 Å². The Morgan fingerprint density at radius 1 is 0.569 bits per heavy atom. The highest BCUT2D eigenvalue weighted by molar-refractivity contribution is 7.13. The lowest BCUT2D eigenvalue weighted by atomic mass is 10.1. The molecular weight excluding hydrogens is 907 g/mol. The van der Waals surface area contributed by atoms with Crippen LogP contribution in [-0.4, -0.2) is 77.2 Å². The minimum atomic E-state index is 0. The zero-order valence-electron chi connectivity index (χ0n) is 37.2. The van der Waals surface area contributed by atoms with Gasteiger partial charge in [-0.25, -0.2) is 9.97 Å². The van der Waals surface area contributed by atoms with Crippen molar-refractivity contribution in [3.8, 4) is 21.1 Å². The number of anilines is 2. The zero-order chi connectivity index (χ0) is 43.2. The molecule has 65 heavy (non-hydrogen) atoms. The smallest absolute Gasteiger partial charge is 0.123 e. The van der Waals surface area contributed by atoms with Crippen molar-refractivity contribution >= 4 is 92.3 Å². The van der Waals surface area contributed by atoms with Crippen LogP contribution >= 0.6 is 59.1 Å². The van der Waals surface area contributed by atoms with Gasteiger partial charge in [-0.3, -0.25) is 14.9 Å². The minimum absolute atomic E-state index is 0. The minimum Gasteiger partial charge on any atom is -0.368 e. The first-order valence-corrected chi connectivity index (χ1v) is 24.6. The SMILES string of the molecule is CCc1cc(N2CCCN(Cc3csc(-c4ccccc4)n3)CC2)c2ncccc2c1.CCc1cc(N2CCCNCC2)c2ncccc2c1.Cl.Cl.ClCc1csc(-c2ccccc2)n1. The molecule has 10 rings (SSSR count). The third-order valence-corrected chi connectivity index (χ3v) is 13.7. The number of halogens is 3. The Morgan fingerprint density at radius 3 is 1.66 bits per heavy atom. The van der Waals surface area contributed by atoms with Crippen LogP contribution in [0.4, 0.5) is 11.4 Å². The molecular formula is C52H59Cl3N8S2. The first kappa shape index (κ1) is 49.8. The van der Waals surface area contributed by atoms with Gasteiger partial charge in [0, 0.05) is 97.4 Å². The van der Waals surface area contributed by atoms with E-state index >= 15 is 0 Å². The Labute approximate surface area is 410 Å². The molecule has 2 aliphatic rings. The van der Waals surface area contributed by atoms with Crippen LogP contribution < -0.4 is 15.1 Å². The number of hydrogen-bond donors (Lipinski definition) is 1. The van der Waals surface area contributed by atoms with E-state index in [1.165, 1.54) is 51.0 Å². The van der Waals surface area contributed by atoms with Gasteiger partial charge in [0.15, 0.2) is 0 Å². The summed E-state index contributed by atoms with van der Waals surface area (Å²) in [7, 11) is 0. The number of rotatable bonds is 9. The maximum absolute atomic E-state index is 5.67. The highest BCUT2D eigenvalue weighted by atomic mass is 35.5. The molecule has 0 unspecified atom stereocenters. The molecule has 4 aromatic carbocycles. The van der Waals surface area contributed by atoms with Crippen molar-refractivity contribution in [2.24, 2.45) is 0 Å². The molecule has 6 heterocycles. The second kappa shape index (κ2) is 25.3. The molecule has 1 N–H and O–H groups in total. The van der Waals surface area contributed by atoms with Crippen LogP contribution in [-0.2, 0) is 25.3 Å². The molecule has 13 heteroatoms. The molecule has 0 spiro atoms. The van der Waals surface area contributed by atoms with Crippen molar-refractivity contribution in [2.75, 3.05) is 62.2 Å². The van der Waals surface area contributed by atoms with E-state index in [0.717, 1.165) is 110 Å². The van der Waals surface area contributed by atoms with E-state index in [1.54, 1.807) is 22.7 Å². The molecule has 2 fully saturated rings. The molecule has 2 saturated heterocycles. The van der Waals surface area contributed by atoms with E-state index < -0.39 is 0 Å². The molecule has 0 atom stereocenters. The number of benzene rings is 4. The molecule has 340 valence electrons. The first-order valence-electron chi connectivity index (χ1n) is 22.3. The van der Waals surface area contributed by atoms with Crippen LogP contribution in [0.15, 0.2) is 132 Å². The zero-order valence-corrected chi connectivity index (χ0v) is 41.3. The summed E-state index contributed by atoms with van der Waals surface area (Å²) in [4.78, 5) is 26.2. The topological polar surface area (TPSA) is 73.3 Å². The number of alkyl halides is 1. The summed E-state index contributed by atoms with van der Waals surface area (Å²) in [5, 5.41) is 12.3. The lowest BCUT2D eigenvalue weighted by molar-refractivity contribution is 0.282. The Hall–Kier alpha value is -4.65. The van der Waals surface area contributed by atoms with Crippen molar-refractivity contribution in [3.63, 3.8) is 0 Å². The standard InChI is InChI=1S/C26H28N4S.C16H21N3.C10H8ClNS.2ClH/c1-2-20-16-22-10-6-11-27-25(22)24(17-20)30-13-7-12-29(14-15-30)18-23-19-31-26(28-23)21-8-4-3-5-9-21;1-2-13-11-14-5-3-7-18-16(14)15(12-13)19-9-4-6-17-8-10-19;11-6-9-7-13-10(12-9)8-4-2-1-3-5-8;;/h3-6,8-11,16-17,19H,2,7,12-15,18H2,1H3;3,5,7,11-12,17H,2,4,6,8-10H2,1H3;1-5,7H,6H2;2*1H. The maximum Gasteiger partial charge on any atom is 0.123 e. The molecule has 4 aromatic heterocycles. The van der Waals surface area contributed by atoms with Crippen LogP contribution in [0.25, 0.3) is 42.9 Å². The third kappa shape index (κ3) is 13.3. The Morgan fingerprint density at radius 2 is 1.11 bits per heavy atom. The van der Waals surface area contributed by atoms with Gasteiger partial charge < -0.3 is 15.1 Å². The van der Waals surface area contributed by atoms with E-state index in [0.29, 0.717) is 5.88 Å². The van der Waals surface area contributed by atoms with Crippen molar-refractivity contribution in [1.82, 2.24) is 30.2 Å². The second-order valence-corrected chi connectivity index (χ2v) is 17.9. The molecule has 0 bridgehead atoms. The van der Waals surface area contributed by atoms with E-state index in [4.69, 9.17) is 21.6 Å². The predicted octanol–water partition coefficient (Wildman–Crippen LogP) is 12.6. The van der Waals surface area contributed by atoms with Gasteiger partial charge in [0.2, 0.25) is 0 Å². The van der Waals surface area contributed by atoms with Gasteiger partial charge in [-0.1, -0.05) is 86.6 Å². The summed E-state index contributed by atoms with van der Waals surface area (Å²) >= 11 is 9.05. The number of pyridine rings is 2. The maximum atomic E-state index is 5.67. The fourth-order valence-electron chi connectivity index (χ4n) is 8.22. The van der Waals surface area contributed by atoms with Crippen LogP contribution in [0, 0.1) is 0 Å². The van der Waals surface area contributed by atoms with Crippen LogP contribution in [0.1, 0.15) is 49.2 Å². The number of aromatic nitrogens is 4. The summed E-state index contributed by atoms with van der Waals surface area (Å²) < 4.78 is 0. The molecule has 0 saturated carbocycles. The number of nitrogens with zero attached hydrogens (tertiary/aromatic N) is 7. The second-order valence-electron chi connectivity index (χ2n) is 15.9. The fourth-order valence-corrected chi connectivity index (χ4v) is 10.1. The number of nitrogens with one attached hydrogen (secondary N) is 1. The average Bonchev–Trinajstić information content (AvgIpc) is 3.87. The quantitative estimate of drug-likeness (QED) is 0.143. The largest absolute Gasteiger partial charge is 0.368 e. The lowest BCUT2D eigenvalue weighted by Crippen LogP contribution is -2.30. The molecule has 8 aromatic rings. The van der Waals surface area contributed by atoms with Crippen LogP contribution in [0.2, 0.25) is 0 Å². The Balaban J connectivity index is 0.000000176. The summed E-state index contributed by atoms with van der Waals surface area (Å²) in [5.41, 5.74) is 12.1. The monoisotopic (exact) mass is 964 g/mol. The van der Waals surface area contributed by atoms with Crippen molar-refractivity contribution in [1.29, 1.82) is 0 Å². The first-order chi connectivity index (χ1) is 31.1. The molecule has 2 aliphatic heterocycles. The summed E-state index contributed by atoms with van der Waals surface area (Å²) in [6, 6.07) is 38.2. The van der Waals surface area contributed by atoms with Gasteiger partial charge in [0.1, 0.15) is 10.0 Å². The third-order valence-electron chi connectivity index (χ3n) is 11.6. The van der Waals surface area contributed by atoms with Crippen LogP contribution in [0.3, 0.4) is 0 Å². The predicted molar refractivity (Wildman–Crippen MR) is 283 cm³/mol. The van der Waals surface area contributed by atoms with E-state index in [-0.39, 0.29) is 24.8 Å². The number of aryl methyl sites for hydroxylation is 2. The van der Waals surface area contributed by atoms with Crippen molar-refractivity contribution in [3.05, 3.63) is 155 Å². The Bertz CT molecular complexity index is 2650. The van der Waals surface area contributed by atoms with Crippen LogP contribution in [0.5, 0.6) is 0 Å². The highest BCUT2D eigenvalue weighted by Gasteiger charge is 2.20. The number of fused-ring (bicyclic) bond motifs is 2. The van der Waals surface area contributed by atoms with E-state index in [9.17, 15) is 0 Å². The number of hydrogen-bond acceptors (Lipinski definition) is 10. The fraction of sp³-hybridized carbons (Fsp3) is 0.308. The van der Waals surface area contributed by atoms with Gasteiger partial charge in [0.25, 0.3) is 0 Å². The normalized spacial score (nSPS) is 14.2. The van der Waals surface area contributed by atoms with Gasteiger partial charge in [-0.05, 0) is 79.8 Å². The molecule has 8 nitrogen and oxygen atoms in total. The highest BCUT2D eigenvalue weighted by Crippen LogP contribution is 2.31. The van der Waals surface area contributed by atoms with Crippen molar-refractivity contribution in [2.45, 2.75) is 52.0 Å². The summed E-state index contributed by atoms with van der Waals surface area (Å²) in [6.45, 7) is 14.0. The number of thiazole rings is 2. The molecule has 0 amide bonds. The summed E-state index contributed by atoms with van der Waals surface area (Å²) in [6.07, 6.45) is 8.28. The molecule has 0 radical (unpaired) electrons. The van der Waals surface area contributed by atoms with Gasteiger partial charge in [0.05, 0.1) is 39.7 Å². The lowest BCUT2D eigenvalue weighted by Gasteiger charge is -2.25. The Kier molecular flexibility index (Phi) is 19.4. The van der Waals surface area contributed by atoms with E-state index in [2.05, 4.69) is 128 Å². The van der Waals surface area contributed by atoms with Gasteiger partial charge in [-0.15, -0.1) is 59.1 Å². The van der Waals surface area contributed by atoms with E-state index in [1.807, 2.05) is 48.1 Å².